The average Bonchev–Trinajstić information content (AvgIpc) is 2.66. The summed E-state index contributed by atoms with van der Waals surface area (Å²) in [5, 5.41) is 13.0. The number of benzene rings is 2. The molecule has 0 saturated carbocycles. The van der Waals surface area contributed by atoms with Crippen LogP contribution in [-0.4, -0.2) is 28.7 Å². The van der Waals surface area contributed by atoms with Crippen molar-refractivity contribution in [2.75, 3.05) is 0 Å². The van der Waals surface area contributed by atoms with E-state index in [0.29, 0.717) is 18.4 Å². The zero-order valence-electron chi connectivity index (χ0n) is 17.4. The van der Waals surface area contributed by atoms with E-state index in [0.717, 1.165) is 11.1 Å². The van der Waals surface area contributed by atoms with Crippen molar-refractivity contribution in [3.05, 3.63) is 65.2 Å². The van der Waals surface area contributed by atoms with Gasteiger partial charge in [0.15, 0.2) is 5.72 Å². The predicted octanol–water partition coefficient (Wildman–Crippen LogP) is 4.46. The summed E-state index contributed by atoms with van der Waals surface area (Å²) in [4.78, 5) is 24.9. The van der Waals surface area contributed by atoms with Gasteiger partial charge >= 0.3 is 12.2 Å². The van der Waals surface area contributed by atoms with Crippen LogP contribution in [0.4, 0.5) is 9.59 Å². The van der Waals surface area contributed by atoms with E-state index < -0.39 is 23.6 Å². The molecule has 3 rings (SSSR count). The molecule has 1 atom stereocenters. The van der Waals surface area contributed by atoms with Crippen molar-refractivity contribution in [2.45, 2.75) is 58.0 Å². The lowest BCUT2D eigenvalue weighted by Gasteiger charge is -2.38. The lowest BCUT2D eigenvalue weighted by Crippen LogP contribution is -2.56. The van der Waals surface area contributed by atoms with Crippen LogP contribution in [-0.2, 0) is 33.7 Å². The Morgan fingerprint density at radius 1 is 1.10 bits per heavy atom. The molecule has 0 radical (unpaired) electrons. The molecule has 0 bridgehead atoms. The minimum absolute atomic E-state index is 0.0457. The third kappa shape index (κ3) is 5.65. The summed E-state index contributed by atoms with van der Waals surface area (Å²) < 4.78 is 16.2. The molecule has 2 aromatic carbocycles. The molecule has 0 aliphatic heterocycles. The molecule has 0 heterocycles. The van der Waals surface area contributed by atoms with Gasteiger partial charge in [-0.15, -0.1) is 0 Å². The third-order valence-electron chi connectivity index (χ3n) is 4.72. The molecule has 0 spiro atoms. The summed E-state index contributed by atoms with van der Waals surface area (Å²) in [6.07, 6.45) is -0.686. The summed E-state index contributed by atoms with van der Waals surface area (Å²) >= 11 is 0. The number of fused-ring (bicyclic) bond motifs is 1. The fourth-order valence-corrected chi connectivity index (χ4v) is 3.38. The van der Waals surface area contributed by atoms with E-state index in [9.17, 15) is 14.7 Å². The fraction of sp³-hybridized carbons (Fsp3) is 0.391. The molecule has 30 heavy (non-hydrogen) atoms. The molecule has 1 aliphatic rings. The quantitative estimate of drug-likeness (QED) is 0.568. The Balaban J connectivity index is 1.76. The van der Waals surface area contributed by atoms with E-state index in [1.165, 1.54) is 0 Å². The highest BCUT2D eigenvalue weighted by atomic mass is 16.7. The SMILES string of the molecule is CC(C)(C)OC(=O)N[C@@]1(OC(=O)OCc2ccccc2)CCc2cccc(O)c2C1. The molecule has 0 fully saturated rings. The van der Waals surface area contributed by atoms with E-state index in [1.54, 1.807) is 32.9 Å². The van der Waals surface area contributed by atoms with Gasteiger partial charge < -0.3 is 19.3 Å². The van der Waals surface area contributed by atoms with Gasteiger partial charge in [0.2, 0.25) is 0 Å². The number of carbonyl (C=O) groups is 2. The highest BCUT2D eigenvalue weighted by Gasteiger charge is 2.42. The van der Waals surface area contributed by atoms with E-state index >= 15 is 0 Å². The minimum atomic E-state index is -1.39. The van der Waals surface area contributed by atoms with E-state index in [4.69, 9.17) is 14.2 Å². The summed E-state index contributed by atoms with van der Waals surface area (Å²) in [5.41, 5.74) is 0.277. The zero-order chi connectivity index (χ0) is 21.8. The van der Waals surface area contributed by atoms with Crippen molar-refractivity contribution in [3.63, 3.8) is 0 Å². The number of amides is 1. The van der Waals surface area contributed by atoms with Gasteiger partial charge in [-0.25, -0.2) is 9.59 Å². The van der Waals surface area contributed by atoms with Gasteiger partial charge in [0.05, 0.1) is 0 Å². The molecule has 0 aromatic heterocycles. The van der Waals surface area contributed by atoms with Crippen LogP contribution in [0.5, 0.6) is 5.75 Å². The Morgan fingerprint density at radius 3 is 2.53 bits per heavy atom. The van der Waals surface area contributed by atoms with Crippen LogP contribution in [0.25, 0.3) is 0 Å². The first kappa shape index (κ1) is 21.5. The highest BCUT2D eigenvalue weighted by Crippen LogP contribution is 2.35. The van der Waals surface area contributed by atoms with Crippen molar-refractivity contribution in [1.82, 2.24) is 5.32 Å². The molecule has 7 heteroatoms. The van der Waals surface area contributed by atoms with Crippen LogP contribution in [0.3, 0.4) is 0 Å². The van der Waals surface area contributed by atoms with Crippen molar-refractivity contribution >= 4 is 12.2 Å². The Labute approximate surface area is 176 Å². The number of rotatable bonds is 4. The van der Waals surface area contributed by atoms with Gasteiger partial charge in [-0.3, -0.25) is 5.32 Å². The monoisotopic (exact) mass is 413 g/mol. The molecule has 2 N–H and O–H groups in total. The predicted molar refractivity (Wildman–Crippen MR) is 110 cm³/mol. The van der Waals surface area contributed by atoms with Gasteiger partial charge in [-0.2, -0.15) is 0 Å². The second-order valence-electron chi connectivity index (χ2n) is 8.34. The van der Waals surface area contributed by atoms with Crippen LogP contribution in [0, 0.1) is 0 Å². The molecule has 2 aromatic rings. The number of aromatic hydroxyl groups is 1. The van der Waals surface area contributed by atoms with Crippen LogP contribution >= 0.6 is 0 Å². The summed E-state index contributed by atoms with van der Waals surface area (Å²) in [7, 11) is 0. The number of phenolic OH excluding ortho intramolecular Hbond substituents is 1. The molecule has 1 aliphatic carbocycles. The average molecular weight is 413 g/mol. The van der Waals surface area contributed by atoms with Crippen LogP contribution in [0.1, 0.15) is 43.9 Å². The van der Waals surface area contributed by atoms with E-state index in [-0.39, 0.29) is 18.8 Å². The van der Waals surface area contributed by atoms with Gasteiger partial charge in [0.25, 0.3) is 0 Å². The molecule has 7 nitrogen and oxygen atoms in total. The van der Waals surface area contributed by atoms with Crippen molar-refractivity contribution in [1.29, 1.82) is 0 Å². The van der Waals surface area contributed by atoms with E-state index in [2.05, 4.69) is 5.32 Å². The summed E-state index contributed by atoms with van der Waals surface area (Å²) in [5.74, 6) is 0.0869. The first-order valence-electron chi connectivity index (χ1n) is 9.86. The maximum absolute atomic E-state index is 12.5. The normalized spacial score (nSPS) is 18.1. The summed E-state index contributed by atoms with van der Waals surface area (Å²) in [6, 6.07) is 14.4. The number of aryl methyl sites for hydroxylation is 1. The van der Waals surface area contributed by atoms with E-state index in [1.807, 2.05) is 36.4 Å². The molecular formula is C23H27NO6. The number of nitrogens with one attached hydrogen (secondary N) is 1. The second-order valence-corrected chi connectivity index (χ2v) is 8.34. The fourth-order valence-electron chi connectivity index (χ4n) is 3.38. The second kappa shape index (κ2) is 8.65. The van der Waals surface area contributed by atoms with Crippen LogP contribution in [0.2, 0.25) is 0 Å². The van der Waals surface area contributed by atoms with Gasteiger partial charge in [-0.05, 0) is 44.4 Å². The Morgan fingerprint density at radius 2 is 1.83 bits per heavy atom. The number of phenols is 1. The lowest BCUT2D eigenvalue weighted by atomic mass is 9.85. The summed E-state index contributed by atoms with van der Waals surface area (Å²) in [6.45, 7) is 5.28. The third-order valence-corrected chi connectivity index (χ3v) is 4.72. The Bertz CT molecular complexity index is 906. The molecule has 0 saturated heterocycles. The first-order valence-corrected chi connectivity index (χ1v) is 9.86. The molecular weight excluding hydrogens is 386 g/mol. The standard InChI is InChI=1S/C23H27NO6/c1-22(2,3)29-20(26)24-23(13-12-17-10-7-11-19(25)18(17)14-23)30-21(27)28-15-16-8-5-4-6-9-16/h4-11,25H,12-15H2,1-3H3,(H,24,26)/t23-/m1/s1. The highest BCUT2D eigenvalue weighted by molar-refractivity contribution is 5.70. The number of carbonyl (C=O) groups excluding carboxylic acids is 2. The molecule has 160 valence electrons. The maximum Gasteiger partial charge on any atom is 0.510 e. The molecule has 1 amide bonds. The largest absolute Gasteiger partial charge is 0.510 e. The van der Waals surface area contributed by atoms with Gasteiger partial charge in [-0.1, -0.05) is 42.5 Å². The van der Waals surface area contributed by atoms with Crippen molar-refractivity contribution < 1.29 is 28.9 Å². The number of ether oxygens (including phenoxy) is 3. The number of hydrogen-bond acceptors (Lipinski definition) is 6. The van der Waals surface area contributed by atoms with Gasteiger partial charge in [0, 0.05) is 18.4 Å². The van der Waals surface area contributed by atoms with Gasteiger partial charge in [0.1, 0.15) is 18.0 Å². The molecule has 0 unspecified atom stereocenters. The maximum atomic E-state index is 12.5. The Hall–Kier alpha value is -3.22. The topological polar surface area (TPSA) is 94.1 Å². The smallest absolute Gasteiger partial charge is 0.508 e. The minimum Gasteiger partial charge on any atom is -0.508 e. The van der Waals surface area contributed by atoms with Crippen molar-refractivity contribution in [3.8, 4) is 5.75 Å². The Kier molecular flexibility index (Phi) is 6.20. The lowest BCUT2D eigenvalue weighted by molar-refractivity contribution is -0.0673. The number of alkyl carbamates (subject to hydrolysis) is 1. The van der Waals surface area contributed by atoms with Crippen molar-refractivity contribution in [2.24, 2.45) is 0 Å². The zero-order valence-corrected chi connectivity index (χ0v) is 17.4. The number of hydrogen-bond donors (Lipinski definition) is 2. The van der Waals surface area contributed by atoms with Crippen LogP contribution in [0.15, 0.2) is 48.5 Å². The first-order chi connectivity index (χ1) is 14.2. The van der Waals surface area contributed by atoms with Crippen LogP contribution < -0.4 is 5.32 Å².